The average molecular weight is 496 g/mol. The Bertz CT molecular complexity index is 1320. The maximum Gasteiger partial charge on any atom is 0.387 e. The number of halogens is 2. The van der Waals surface area contributed by atoms with Crippen LogP contribution >= 0.6 is 11.3 Å². The number of aromatic nitrogens is 1. The van der Waals surface area contributed by atoms with Gasteiger partial charge < -0.3 is 14.2 Å². The number of hydrogen-bond donors (Lipinski definition) is 0. The lowest BCUT2D eigenvalue weighted by atomic mass is 10.2. The number of alkyl halides is 2. The number of para-hydroxylation sites is 1. The summed E-state index contributed by atoms with van der Waals surface area (Å²) in [5.74, 6) is 1.53. The summed E-state index contributed by atoms with van der Waals surface area (Å²) in [5, 5.41) is 6.59. The normalized spacial score (nSPS) is 11.9. The Hall–Kier alpha value is -3.82. The molecular formula is C26H23F2N3O3S. The number of nitrogens with zero attached hydrogens (tertiary/aromatic N) is 3. The predicted molar refractivity (Wildman–Crippen MR) is 133 cm³/mol. The van der Waals surface area contributed by atoms with Crippen molar-refractivity contribution in [2.45, 2.75) is 6.61 Å². The van der Waals surface area contributed by atoms with E-state index in [1.54, 1.807) is 30.1 Å². The fourth-order valence-corrected chi connectivity index (χ4v) is 4.03. The highest BCUT2D eigenvalue weighted by Gasteiger charge is 2.09. The molecule has 0 N–H and O–H groups in total. The third-order valence-electron chi connectivity index (χ3n) is 4.76. The first-order chi connectivity index (χ1) is 17.1. The van der Waals surface area contributed by atoms with E-state index in [0.717, 1.165) is 22.6 Å². The number of benzene rings is 3. The van der Waals surface area contributed by atoms with E-state index in [4.69, 9.17) is 9.47 Å². The summed E-state index contributed by atoms with van der Waals surface area (Å²) in [6.45, 7) is -1.91. The number of rotatable bonds is 10. The highest BCUT2D eigenvalue weighted by molar-refractivity contribution is 7.07. The largest absolute Gasteiger partial charge is 0.457 e. The van der Waals surface area contributed by atoms with Crippen LogP contribution in [0.3, 0.4) is 0 Å². The molecule has 4 rings (SSSR count). The van der Waals surface area contributed by atoms with E-state index in [1.807, 2.05) is 60.0 Å². The second-order valence-corrected chi connectivity index (χ2v) is 8.06. The first-order valence-corrected chi connectivity index (χ1v) is 11.6. The van der Waals surface area contributed by atoms with Crippen LogP contribution in [-0.4, -0.2) is 37.8 Å². The van der Waals surface area contributed by atoms with Gasteiger partial charge >= 0.3 is 6.61 Å². The van der Waals surface area contributed by atoms with E-state index < -0.39 is 6.61 Å². The highest BCUT2D eigenvalue weighted by atomic mass is 32.1. The monoisotopic (exact) mass is 495 g/mol. The summed E-state index contributed by atoms with van der Waals surface area (Å²) in [6.07, 6.45) is 1.72. The zero-order valence-corrected chi connectivity index (χ0v) is 19.7. The Morgan fingerprint density at radius 3 is 2.46 bits per heavy atom. The molecule has 3 aromatic carbocycles. The molecule has 6 nitrogen and oxygen atoms in total. The molecule has 0 aliphatic heterocycles. The maximum atomic E-state index is 12.5. The molecule has 4 aromatic rings. The molecule has 1 aromatic heterocycles. The van der Waals surface area contributed by atoms with Crippen LogP contribution in [0.4, 0.5) is 8.78 Å². The lowest BCUT2D eigenvalue weighted by molar-refractivity contribution is -0.0498. The van der Waals surface area contributed by atoms with Crippen molar-refractivity contribution in [1.29, 1.82) is 0 Å². The van der Waals surface area contributed by atoms with Crippen LogP contribution in [0.2, 0.25) is 0 Å². The van der Waals surface area contributed by atoms with Gasteiger partial charge in [-0.05, 0) is 54.1 Å². The molecule has 0 fully saturated rings. The molecule has 0 aliphatic carbocycles. The molecule has 0 atom stereocenters. The standard InChI is InChI=1S/C26H23F2N3O3S/c1-32-15-14-29-26-31(24(18-35-26)20-10-12-22(13-11-20)34-25(27)28)30-17-19-6-5-9-23(16-19)33-21-7-3-2-4-8-21/h2-13,16-18,25H,14-15H2,1H3. The van der Waals surface area contributed by atoms with Crippen molar-refractivity contribution < 1.29 is 23.0 Å². The molecule has 0 radical (unpaired) electrons. The van der Waals surface area contributed by atoms with Crippen LogP contribution < -0.4 is 14.3 Å². The van der Waals surface area contributed by atoms with Gasteiger partial charge in [0.05, 0.1) is 25.1 Å². The van der Waals surface area contributed by atoms with Crippen molar-refractivity contribution in [2.75, 3.05) is 20.3 Å². The van der Waals surface area contributed by atoms with Crippen molar-refractivity contribution in [3.05, 3.63) is 94.6 Å². The predicted octanol–water partition coefficient (Wildman–Crippen LogP) is 6.04. The fraction of sp³-hybridized carbons (Fsp3) is 0.154. The topological polar surface area (TPSA) is 57.3 Å². The van der Waals surface area contributed by atoms with Crippen molar-refractivity contribution in [3.63, 3.8) is 0 Å². The van der Waals surface area contributed by atoms with Gasteiger partial charge in [0, 0.05) is 18.1 Å². The van der Waals surface area contributed by atoms with Crippen LogP contribution in [0.25, 0.3) is 11.3 Å². The molecule has 0 bridgehead atoms. The van der Waals surface area contributed by atoms with Gasteiger partial charge in [0.25, 0.3) is 0 Å². The SMILES string of the molecule is COCCN=c1scc(-c2ccc(OC(F)F)cc2)n1N=Cc1cccc(Oc2ccccc2)c1. The molecule has 1 heterocycles. The quantitative estimate of drug-likeness (QED) is 0.199. The van der Waals surface area contributed by atoms with E-state index in [1.165, 1.54) is 23.5 Å². The Labute approximate surface area is 205 Å². The zero-order valence-electron chi connectivity index (χ0n) is 18.9. The second kappa shape index (κ2) is 12.0. The summed E-state index contributed by atoms with van der Waals surface area (Å²) < 4.78 is 42.2. The van der Waals surface area contributed by atoms with Gasteiger partial charge in [0.2, 0.25) is 4.80 Å². The van der Waals surface area contributed by atoms with E-state index in [-0.39, 0.29) is 5.75 Å². The number of methoxy groups -OCH3 is 1. The van der Waals surface area contributed by atoms with Gasteiger partial charge in [-0.1, -0.05) is 30.3 Å². The van der Waals surface area contributed by atoms with Crippen LogP contribution in [0.15, 0.2) is 94.3 Å². The summed E-state index contributed by atoms with van der Waals surface area (Å²) in [5.41, 5.74) is 2.39. The molecule has 0 amide bonds. The minimum Gasteiger partial charge on any atom is -0.457 e. The molecule has 0 aliphatic rings. The first kappa shape index (κ1) is 24.3. The van der Waals surface area contributed by atoms with Crippen LogP contribution in [0, 0.1) is 0 Å². The van der Waals surface area contributed by atoms with Crippen molar-refractivity contribution >= 4 is 17.6 Å². The van der Waals surface area contributed by atoms with Crippen molar-refractivity contribution in [2.24, 2.45) is 10.1 Å². The Morgan fingerprint density at radius 1 is 0.943 bits per heavy atom. The molecule has 0 unspecified atom stereocenters. The van der Waals surface area contributed by atoms with Crippen molar-refractivity contribution in [1.82, 2.24) is 4.68 Å². The van der Waals surface area contributed by atoms with Gasteiger partial charge in [-0.15, -0.1) is 11.3 Å². The smallest absolute Gasteiger partial charge is 0.387 e. The van der Waals surface area contributed by atoms with Crippen LogP contribution in [-0.2, 0) is 4.74 Å². The van der Waals surface area contributed by atoms with Crippen molar-refractivity contribution in [3.8, 4) is 28.5 Å². The van der Waals surface area contributed by atoms with Gasteiger partial charge in [-0.3, -0.25) is 4.99 Å². The first-order valence-electron chi connectivity index (χ1n) is 10.7. The third kappa shape index (κ3) is 6.84. The Kier molecular flexibility index (Phi) is 8.37. The molecule has 0 saturated heterocycles. The summed E-state index contributed by atoms with van der Waals surface area (Å²) in [7, 11) is 1.62. The van der Waals surface area contributed by atoms with E-state index >= 15 is 0 Å². The highest BCUT2D eigenvalue weighted by Crippen LogP contribution is 2.25. The Morgan fingerprint density at radius 2 is 1.71 bits per heavy atom. The lowest BCUT2D eigenvalue weighted by Gasteiger charge is -2.07. The minimum absolute atomic E-state index is 0.0919. The molecule has 9 heteroatoms. The molecule has 0 saturated carbocycles. The van der Waals surface area contributed by atoms with E-state index in [2.05, 4.69) is 14.8 Å². The van der Waals surface area contributed by atoms with Gasteiger partial charge in [-0.25, -0.2) is 4.68 Å². The molecule has 180 valence electrons. The number of ether oxygens (including phenoxy) is 3. The maximum absolute atomic E-state index is 12.5. The molecular weight excluding hydrogens is 472 g/mol. The minimum atomic E-state index is -2.87. The zero-order chi connectivity index (χ0) is 24.5. The van der Waals surface area contributed by atoms with Gasteiger partial charge in [0.1, 0.15) is 17.2 Å². The van der Waals surface area contributed by atoms with Crippen LogP contribution in [0.5, 0.6) is 17.2 Å². The number of hydrogen-bond acceptors (Lipinski definition) is 6. The Balaban J connectivity index is 1.63. The summed E-state index contributed by atoms with van der Waals surface area (Å²) in [4.78, 5) is 5.26. The average Bonchev–Trinajstić information content (AvgIpc) is 3.26. The molecule has 0 spiro atoms. The lowest BCUT2D eigenvalue weighted by Crippen LogP contribution is -2.13. The van der Waals surface area contributed by atoms with E-state index in [0.29, 0.717) is 23.7 Å². The molecule has 35 heavy (non-hydrogen) atoms. The fourth-order valence-electron chi connectivity index (χ4n) is 3.16. The van der Waals surface area contributed by atoms with E-state index in [9.17, 15) is 8.78 Å². The third-order valence-corrected chi connectivity index (χ3v) is 5.62. The van der Waals surface area contributed by atoms with Crippen LogP contribution in [0.1, 0.15) is 5.56 Å². The summed E-state index contributed by atoms with van der Waals surface area (Å²) in [6, 6.07) is 23.5. The summed E-state index contributed by atoms with van der Waals surface area (Å²) >= 11 is 1.43. The second-order valence-electron chi connectivity index (χ2n) is 7.22. The number of thiazole rings is 1. The van der Waals surface area contributed by atoms with Gasteiger partial charge in [-0.2, -0.15) is 13.9 Å². The van der Waals surface area contributed by atoms with Gasteiger partial charge in [0.15, 0.2) is 0 Å².